The number of hydrogen-bond donors (Lipinski definition) is 4. The molecular weight excluding hydrogens is 570 g/mol. The molecular formula is C31H41N5O8. The van der Waals surface area contributed by atoms with Gasteiger partial charge in [-0.1, -0.05) is 32.0 Å². The van der Waals surface area contributed by atoms with E-state index >= 15 is 0 Å². The SMILES string of the molecule is COC(=O)CCC(=O)N(CCC(=O)O)CC(=O)N(CCC(C)C)CC(=O)Nc1ccc(NC(=O)Nc2ccccc2C)cc1. The van der Waals surface area contributed by atoms with Crippen LogP contribution in [0.2, 0.25) is 0 Å². The number of ether oxygens (including phenoxy) is 1. The third-order valence-corrected chi connectivity index (χ3v) is 6.53. The van der Waals surface area contributed by atoms with Crippen molar-refractivity contribution in [1.82, 2.24) is 9.80 Å². The Morgan fingerprint density at radius 3 is 1.98 bits per heavy atom. The largest absolute Gasteiger partial charge is 0.481 e. The maximum Gasteiger partial charge on any atom is 0.323 e. The Bertz CT molecular complexity index is 1310. The molecule has 0 saturated carbocycles. The third kappa shape index (κ3) is 12.9. The number of carboxylic acids is 1. The lowest BCUT2D eigenvalue weighted by Gasteiger charge is -2.27. The van der Waals surface area contributed by atoms with Gasteiger partial charge in [0, 0.05) is 36.6 Å². The van der Waals surface area contributed by atoms with E-state index in [1.54, 1.807) is 30.3 Å². The maximum atomic E-state index is 13.3. The molecule has 2 aromatic rings. The number of carbonyl (C=O) groups excluding carboxylic acids is 5. The molecule has 0 aliphatic carbocycles. The summed E-state index contributed by atoms with van der Waals surface area (Å²) in [6.07, 6.45) is -0.250. The first-order valence-electron chi connectivity index (χ1n) is 14.3. The van der Waals surface area contributed by atoms with Crippen LogP contribution in [-0.4, -0.2) is 83.9 Å². The second kappa shape index (κ2) is 17.9. The summed E-state index contributed by atoms with van der Waals surface area (Å²) < 4.78 is 4.55. The van der Waals surface area contributed by atoms with Crippen LogP contribution in [0, 0.1) is 12.8 Å². The summed E-state index contributed by atoms with van der Waals surface area (Å²) in [4.78, 5) is 76.3. The van der Waals surface area contributed by atoms with E-state index in [1.807, 2.05) is 39.0 Å². The zero-order chi connectivity index (χ0) is 32.6. The van der Waals surface area contributed by atoms with Crippen molar-refractivity contribution in [1.29, 1.82) is 0 Å². The second-order valence-electron chi connectivity index (χ2n) is 10.6. The molecule has 2 aromatic carbocycles. The highest BCUT2D eigenvalue weighted by Gasteiger charge is 2.24. The molecule has 238 valence electrons. The number of nitrogens with one attached hydrogen (secondary N) is 3. The number of rotatable bonds is 16. The minimum Gasteiger partial charge on any atom is -0.481 e. The molecule has 0 fully saturated rings. The van der Waals surface area contributed by atoms with E-state index in [0.29, 0.717) is 23.5 Å². The number of benzene rings is 2. The zero-order valence-electron chi connectivity index (χ0n) is 25.6. The van der Waals surface area contributed by atoms with Crippen LogP contribution in [-0.2, 0) is 28.7 Å². The van der Waals surface area contributed by atoms with Crippen molar-refractivity contribution >= 4 is 52.8 Å². The molecule has 0 aromatic heterocycles. The van der Waals surface area contributed by atoms with Crippen molar-refractivity contribution in [3.05, 3.63) is 54.1 Å². The predicted molar refractivity (Wildman–Crippen MR) is 165 cm³/mol. The monoisotopic (exact) mass is 611 g/mol. The van der Waals surface area contributed by atoms with Crippen molar-refractivity contribution in [2.24, 2.45) is 5.92 Å². The van der Waals surface area contributed by atoms with Gasteiger partial charge in [-0.05, 0) is 55.2 Å². The number of nitrogens with zero attached hydrogens (tertiary/aromatic N) is 2. The number of hydrogen-bond acceptors (Lipinski definition) is 7. The van der Waals surface area contributed by atoms with Crippen LogP contribution in [0.1, 0.15) is 45.1 Å². The van der Waals surface area contributed by atoms with Gasteiger partial charge < -0.3 is 35.6 Å². The van der Waals surface area contributed by atoms with Crippen LogP contribution in [0.3, 0.4) is 0 Å². The molecule has 0 bridgehead atoms. The highest BCUT2D eigenvalue weighted by molar-refractivity contribution is 6.00. The van der Waals surface area contributed by atoms with Crippen molar-refractivity contribution in [2.45, 2.75) is 46.5 Å². The minimum atomic E-state index is -1.15. The fourth-order valence-corrected chi connectivity index (χ4v) is 3.97. The molecule has 4 N–H and O–H groups in total. The first kappa shape index (κ1) is 35.3. The summed E-state index contributed by atoms with van der Waals surface area (Å²) in [6, 6.07) is 13.4. The fraction of sp³-hybridized carbons (Fsp3) is 0.419. The van der Waals surface area contributed by atoms with Crippen LogP contribution in [0.5, 0.6) is 0 Å². The number of para-hydroxylation sites is 1. The lowest BCUT2D eigenvalue weighted by molar-refractivity contribution is -0.146. The Morgan fingerprint density at radius 2 is 1.39 bits per heavy atom. The standard InChI is InChI=1S/C31H41N5O8/c1-21(2)15-17-35(28(39)20-36(18-16-29(40)41)27(38)13-14-30(42)44-4)19-26(37)32-23-9-11-24(12-10-23)33-31(43)34-25-8-6-5-7-22(25)3/h5-12,21H,13-20H2,1-4H3,(H,32,37)(H,40,41)(H2,33,34,43). The number of esters is 1. The Morgan fingerprint density at radius 1 is 0.773 bits per heavy atom. The Labute approximate surface area is 256 Å². The molecule has 0 aliphatic heterocycles. The molecule has 0 unspecified atom stereocenters. The first-order valence-corrected chi connectivity index (χ1v) is 14.3. The highest BCUT2D eigenvalue weighted by Crippen LogP contribution is 2.17. The summed E-state index contributed by atoms with van der Waals surface area (Å²) in [5.41, 5.74) is 2.54. The quantitative estimate of drug-likeness (QED) is 0.208. The molecule has 0 spiro atoms. The van der Waals surface area contributed by atoms with Crippen molar-refractivity contribution in [2.75, 3.05) is 49.2 Å². The predicted octanol–water partition coefficient (Wildman–Crippen LogP) is 3.71. The number of carbonyl (C=O) groups is 6. The van der Waals surface area contributed by atoms with Gasteiger partial charge in [-0.25, -0.2) is 4.79 Å². The van der Waals surface area contributed by atoms with E-state index in [4.69, 9.17) is 5.11 Å². The molecule has 5 amide bonds. The van der Waals surface area contributed by atoms with Crippen LogP contribution < -0.4 is 16.0 Å². The van der Waals surface area contributed by atoms with Gasteiger partial charge in [-0.15, -0.1) is 0 Å². The number of methoxy groups -OCH3 is 1. The molecule has 13 heteroatoms. The van der Waals surface area contributed by atoms with Gasteiger partial charge >= 0.3 is 18.0 Å². The van der Waals surface area contributed by atoms with Crippen LogP contribution in [0.15, 0.2) is 48.5 Å². The zero-order valence-corrected chi connectivity index (χ0v) is 25.6. The molecule has 2 rings (SSSR count). The van der Waals surface area contributed by atoms with Crippen molar-refractivity contribution in [3.63, 3.8) is 0 Å². The van der Waals surface area contributed by atoms with Gasteiger partial charge in [0.2, 0.25) is 17.7 Å². The third-order valence-electron chi connectivity index (χ3n) is 6.53. The Balaban J connectivity index is 2.02. The highest BCUT2D eigenvalue weighted by atomic mass is 16.5. The molecule has 0 saturated heterocycles. The lowest BCUT2D eigenvalue weighted by Crippen LogP contribution is -2.46. The van der Waals surface area contributed by atoms with Gasteiger partial charge in [0.25, 0.3) is 0 Å². The van der Waals surface area contributed by atoms with Crippen molar-refractivity contribution < 1.29 is 38.6 Å². The number of carboxylic acid groups (broad SMARTS) is 1. The summed E-state index contributed by atoms with van der Waals surface area (Å²) in [7, 11) is 1.19. The van der Waals surface area contributed by atoms with E-state index in [9.17, 15) is 28.8 Å². The first-order chi connectivity index (χ1) is 20.9. The lowest BCUT2D eigenvalue weighted by atomic mass is 10.1. The molecule has 0 aliphatic rings. The molecule has 0 atom stereocenters. The number of urea groups is 1. The van der Waals surface area contributed by atoms with Crippen molar-refractivity contribution in [3.8, 4) is 0 Å². The summed E-state index contributed by atoms with van der Waals surface area (Å²) >= 11 is 0. The summed E-state index contributed by atoms with van der Waals surface area (Å²) in [6.45, 7) is 5.09. The smallest absolute Gasteiger partial charge is 0.323 e. The second-order valence-corrected chi connectivity index (χ2v) is 10.6. The average Bonchev–Trinajstić information content (AvgIpc) is 2.97. The van der Waals surface area contributed by atoms with Crippen LogP contribution in [0.25, 0.3) is 0 Å². The number of aryl methyl sites for hydroxylation is 1. The average molecular weight is 612 g/mol. The normalized spacial score (nSPS) is 10.5. The van der Waals surface area contributed by atoms with Crippen LogP contribution in [0.4, 0.5) is 21.9 Å². The van der Waals surface area contributed by atoms with Gasteiger partial charge in [0.1, 0.15) is 0 Å². The van der Waals surface area contributed by atoms with Crippen LogP contribution >= 0.6 is 0 Å². The number of aliphatic carboxylic acids is 1. The summed E-state index contributed by atoms with van der Waals surface area (Å²) in [5, 5.41) is 17.3. The van der Waals surface area contributed by atoms with Gasteiger partial charge in [-0.3, -0.25) is 24.0 Å². The van der Waals surface area contributed by atoms with E-state index in [2.05, 4.69) is 20.7 Å². The van der Waals surface area contributed by atoms with Gasteiger partial charge in [0.15, 0.2) is 0 Å². The Hall–Kier alpha value is -4.94. The van der Waals surface area contributed by atoms with E-state index < -0.39 is 42.2 Å². The molecule has 44 heavy (non-hydrogen) atoms. The number of amides is 5. The van der Waals surface area contributed by atoms with E-state index in [-0.39, 0.29) is 44.8 Å². The number of anilines is 3. The van der Waals surface area contributed by atoms with E-state index in [0.717, 1.165) is 10.5 Å². The topological polar surface area (TPSA) is 174 Å². The fourth-order valence-electron chi connectivity index (χ4n) is 3.97. The molecule has 13 nitrogen and oxygen atoms in total. The van der Waals surface area contributed by atoms with E-state index in [1.165, 1.54) is 12.0 Å². The molecule has 0 heterocycles. The minimum absolute atomic E-state index is 0.210. The molecule has 0 radical (unpaired) electrons. The maximum absolute atomic E-state index is 13.3. The van der Waals surface area contributed by atoms with Gasteiger partial charge in [-0.2, -0.15) is 0 Å². The Kier molecular flexibility index (Phi) is 14.3. The van der Waals surface area contributed by atoms with Gasteiger partial charge in [0.05, 0.1) is 33.0 Å². The summed E-state index contributed by atoms with van der Waals surface area (Å²) in [5.74, 6) is -3.10.